The molecule has 1 aromatic carbocycles. The Labute approximate surface area is 124 Å². The van der Waals surface area contributed by atoms with E-state index >= 15 is 0 Å². The minimum atomic E-state index is -3.22. The number of anilines is 1. The molecule has 0 aliphatic carbocycles. The van der Waals surface area contributed by atoms with E-state index in [1.807, 2.05) is 11.8 Å². The Morgan fingerprint density at radius 3 is 2.75 bits per heavy atom. The van der Waals surface area contributed by atoms with E-state index in [4.69, 9.17) is 10.5 Å². The molecule has 5 nitrogen and oxygen atoms in total. The number of hydrogen-bond donors (Lipinski definition) is 1. The third kappa shape index (κ3) is 4.29. The van der Waals surface area contributed by atoms with Crippen molar-refractivity contribution in [3.8, 4) is 5.75 Å². The van der Waals surface area contributed by atoms with Gasteiger partial charge in [-0.2, -0.15) is 16.1 Å². The van der Waals surface area contributed by atoms with Gasteiger partial charge in [0, 0.05) is 29.8 Å². The lowest BCUT2D eigenvalue weighted by Crippen LogP contribution is -2.42. The van der Waals surface area contributed by atoms with Crippen molar-refractivity contribution in [1.29, 1.82) is 0 Å². The molecular formula is C13H20N2O3S2. The molecule has 1 saturated heterocycles. The molecular weight excluding hydrogens is 296 g/mol. The largest absolute Gasteiger partial charge is 0.492 e. The first-order valence-electron chi connectivity index (χ1n) is 6.55. The lowest BCUT2D eigenvalue weighted by molar-refractivity contribution is 0.334. The Kier molecular flexibility index (Phi) is 5.17. The number of benzene rings is 1. The second-order valence-corrected chi connectivity index (χ2v) is 8.41. The van der Waals surface area contributed by atoms with Gasteiger partial charge in [-0.15, -0.1) is 0 Å². The Morgan fingerprint density at radius 1 is 1.40 bits per heavy atom. The number of rotatable bonds is 5. The highest BCUT2D eigenvalue weighted by molar-refractivity contribution is 8.00. The molecule has 1 aliphatic rings. The van der Waals surface area contributed by atoms with Crippen molar-refractivity contribution >= 4 is 27.5 Å². The van der Waals surface area contributed by atoms with Crippen molar-refractivity contribution in [3.05, 3.63) is 24.3 Å². The first-order chi connectivity index (χ1) is 9.47. The molecule has 1 aromatic rings. The fraction of sp³-hybridized carbons (Fsp3) is 0.538. The molecule has 2 rings (SSSR count). The highest BCUT2D eigenvalue weighted by Crippen LogP contribution is 2.20. The average Bonchev–Trinajstić information content (AvgIpc) is 2.41. The second-order valence-electron chi connectivity index (χ2n) is 4.77. The van der Waals surface area contributed by atoms with Crippen LogP contribution in [0.1, 0.15) is 6.92 Å². The number of thioether (sulfide) groups is 1. The van der Waals surface area contributed by atoms with Crippen molar-refractivity contribution in [2.75, 3.05) is 36.9 Å². The summed E-state index contributed by atoms with van der Waals surface area (Å²) in [5.41, 5.74) is 6.23. The summed E-state index contributed by atoms with van der Waals surface area (Å²) < 4.78 is 31.4. The van der Waals surface area contributed by atoms with Crippen LogP contribution in [0.4, 0.5) is 5.69 Å². The van der Waals surface area contributed by atoms with E-state index in [9.17, 15) is 8.42 Å². The van der Waals surface area contributed by atoms with Gasteiger partial charge in [0.2, 0.25) is 10.0 Å². The van der Waals surface area contributed by atoms with Gasteiger partial charge < -0.3 is 10.5 Å². The smallest absolute Gasteiger partial charge is 0.217 e. The van der Waals surface area contributed by atoms with E-state index < -0.39 is 10.0 Å². The lowest BCUT2D eigenvalue weighted by Gasteiger charge is -2.29. The summed E-state index contributed by atoms with van der Waals surface area (Å²) in [5, 5.41) is 0.358. The maximum absolute atomic E-state index is 12.2. The summed E-state index contributed by atoms with van der Waals surface area (Å²) in [4.78, 5) is 0. The van der Waals surface area contributed by atoms with Crippen LogP contribution < -0.4 is 10.5 Å². The topological polar surface area (TPSA) is 72.6 Å². The maximum Gasteiger partial charge on any atom is 0.217 e. The summed E-state index contributed by atoms with van der Waals surface area (Å²) >= 11 is 1.81. The summed E-state index contributed by atoms with van der Waals surface area (Å²) in [7, 11) is -3.22. The van der Waals surface area contributed by atoms with Crippen molar-refractivity contribution in [2.24, 2.45) is 0 Å². The van der Waals surface area contributed by atoms with E-state index in [1.54, 1.807) is 28.6 Å². The van der Waals surface area contributed by atoms with Crippen LogP contribution in [0.25, 0.3) is 0 Å². The zero-order chi connectivity index (χ0) is 14.6. The van der Waals surface area contributed by atoms with Crippen LogP contribution in [-0.2, 0) is 10.0 Å². The quantitative estimate of drug-likeness (QED) is 0.832. The molecule has 7 heteroatoms. The predicted octanol–water partition coefficient (Wildman–Crippen LogP) is 1.41. The summed E-state index contributed by atoms with van der Waals surface area (Å²) in [6.07, 6.45) is 0. The summed E-state index contributed by atoms with van der Waals surface area (Å²) in [5.74, 6) is 1.51. The maximum atomic E-state index is 12.2. The predicted molar refractivity (Wildman–Crippen MR) is 83.6 cm³/mol. The number of hydrogen-bond acceptors (Lipinski definition) is 5. The van der Waals surface area contributed by atoms with E-state index in [-0.39, 0.29) is 12.4 Å². The SMILES string of the molecule is CC1CN(S(=O)(=O)CCOc2ccc(N)cc2)CCS1. The molecule has 0 spiro atoms. The number of ether oxygens (including phenoxy) is 1. The fourth-order valence-corrected chi connectivity index (χ4v) is 4.59. The molecule has 0 radical (unpaired) electrons. The average molecular weight is 316 g/mol. The molecule has 0 bridgehead atoms. The Morgan fingerprint density at radius 2 is 2.10 bits per heavy atom. The van der Waals surface area contributed by atoms with Crippen LogP contribution in [0.2, 0.25) is 0 Å². The van der Waals surface area contributed by atoms with E-state index in [0.717, 1.165) is 5.75 Å². The number of nitrogens with zero attached hydrogens (tertiary/aromatic N) is 1. The van der Waals surface area contributed by atoms with Crippen molar-refractivity contribution in [3.63, 3.8) is 0 Å². The monoisotopic (exact) mass is 316 g/mol. The molecule has 2 N–H and O–H groups in total. The first-order valence-corrected chi connectivity index (χ1v) is 9.21. The van der Waals surface area contributed by atoms with Gasteiger partial charge in [-0.05, 0) is 24.3 Å². The van der Waals surface area contributed by atoms with E-state index in [1.165, 1.54) is 0 Å². The molecule has 1 fully saturated rings. The third-order valence-corrected chi connectivity index (χ3v) is 6.02. The Hall–Kier alpha value is -0.920. The minimum Gasteiger partial charge on any atom is -0.492 e. The van der Waals surface area contributed by atoms with Crippen LogP contribution in [0.15, 0.2) is 24.3 Å². The zero-order valence-corrected chi connectivity index (χ0v) is 13.1. The van der Waals surface area contributed by atoms with Crippen LogP contribution in [0.3, 0.4) is 0 Å². The fourth-order valence-electron chi connectivity index (χ4n) is 2.00. The number of nitrogen functional groups attached to an aromatic ring is 1. The van der Waals surface area contributed by atoms with Gasteiger partial charge in [-0.1, -0.05) is 6.92 Å². The Balaban J connectivity index is 1.84. The van der Waals surface area contributed by atoms with Gasteiger partial charge in [0.05, 0.1) is 5.75 Å². The van der Waals surface area contributed by atoms with Gasteiger partial charge in [-0.25, -0.2) is 8.42 Å². The van der Waals surface area contributed by atoms with Crippen molar-refractivity contribution in [2.45, 2.75) is 12.2 Å². The molecule has 1 atom stereocenters. The molecule has 20 heavy (non-hydrogen) atoms. The lowest BCUT2D eigenvalue weighted by atomic mass is 10.3. The van der Waals surface area contributed by atoms with E-state index in [0.29, 0.717) is 29.8 Å². The molecule has 0 aromatic heterocycles. The Bertz CT molecular complexity index is 531. The summed E-state index contributed by atoms with van der Waals surface area (Å²) in [6.45, 7) is 3.40. The third-order valence-electron chi connectivity index (χ3n) is 3.09. The number of nitrogens with two attached hydrogens (primary N) is 1. The second kappa shape index (κ2) is 6.69. The number of sulfonamides is 1. The van der Waals surface area contributed by atoms with Crippen LogP contribution in [-0.4, -0.2) is 49.2 Å². The summed E-state index contributed by atoms with van der Waals surface area (Å²) in [6, 6.07) is 6.93. The highest BCUT2D eigenvalue weighted by Gasteiger charge is 2.27. The molecule has 1 aliphatic heterocycles. The molecule has 0 saturated carbocycles. The van der Waals surface area contributed by atoms with E-state index in [2.05, 4.69) is 6.92 Å². The van der Waals surface area contributed by atoms with Crippen LogP contribution in [0.5, 0.6) is 5.75 Å². The van der Waals surface area contributed by atoms with Gasteiger partial charge in [0.15, 0.2) is 0 Å². The molecule has 112 valence electrons. The minimum absolute atomic E-state index is 0.00869. The van der Waals surface area contributed by atoms with Gasteiger partial charge in [0.1, 0.15) is 12.4 Å². The van der Waals surface area contributed by atoms with Gasteiger partial charge >= 0.3 is 0 Å². The van der Waals surface area contributed by atoms with Crippen LogP contribution in [0, 0.1) is 0 Å². The zero-order valence-electron chi connectivity index (χ0n) is 11.5. The normalized spacial score (nSPS) is 20.8. The molecule has 0 amide bonds. The molecule has 1 unspecified atom stereocenters. The first kappa shape index (κ1) is 15.5. The van der Waals surface area contributed by atoms with Crippen molar-refractivity contribution < 1.29 is 13.2 Å². The van der Waals surface area contributed by atoms with Gasteiger partial charge in [0.25, 0.3) is 0 Å². The molecule has 1 heterocycles. The van der Waals surface area contributed by atoms with Gasteiger partial charge in [-0.3, -0.25) is 0 Å². The van der Waals surface area contributed by atoms with Crippen LogP contribution >= 0.6 is 11.8 Å². The van der Waals surface area contributed by atoms with Crippen molar-refractivity contribution in [1.82, 2.24) is 4.31 Å². The standard InChI is InChI=1S/C13H20N2O3S2/c1-11-10-15(6-8-19-11)20(16,17)9-7-18-13-4-2-12(14)3-5-13/h2-5,11H,6-10,14H2,1H3. The highest BCUT2D eigenvalue weighted by atomic mass is 32.2.